The van der Waals surface area contributed by atoms with Gasteiger partial charge in [0.15, 0.2) is 0 Å². The minimum absolute atomic E-state index is 1.06. The number of benzene rings is 3. The summed E-state index contributed by atoms with van der Waals surface area (Å²) in [6, 6.07) is 34.5. The van der Waals surface area contributed by atoms with E-state index in [9.17, 15) is 0 Å². The molecule has 3 nitrogen and oxygen atoms in total. The molecule has 0 fully saturated rings. The fraction of sp³-hybridized carbons (Fsp3) is 0.0435. The van der Waals surface area contributed by atoms with Gasteiger partial charge >= 0.3 is 0 Å². The van der Waals surface area contributed by atoms with Gasteiger partial charge in [-0.2, -0.15) is 10.2 Å². The van der Waals surface area contributed by atoms with Crippen molar-refractivity contribution in [2.45, 2.75) is 0 Å². The molecule has 3 aromatic carbocycles. The van der Waals surface area contributed by atoms with Crippen LogP contribution in [0.4, 0.5) is 5.69 Å². The van der Waals surface area contributed by atoms with E-state index in [-0.39, 0.29) is 0 Å². The average molecular weight is 368 g/mol. The van der Waals surface area contributed by atoms with Gasteiger partial charge < -0.3 is 4.57 Å². The molecular formula is C23H21N3Si. The molecule has 0 aliphatic rings. The van der Waals surface area contributed by atoms with E-state index in [0.717, 1.165) is 5.69 Å². The maximum Gasteiger partial charge on any atom is 0.252 e. The van der Waals surface area contributed by atoms with Gasteiger partial charge in [-0.25, -0.2) is 0 Å². The van der Waals surface area contributed by atoms with Crippen LogP contribution in [0.5, 0.6) is 0 Å². The van der Waals surface area contributed by atoms with Crippen LogP contribution >= 0.6 is 0 Å². The fourth-order valence-electron chi connectivity index (χ4n) is 3.79. The first-order valence-electron chi connectivity index (χ1n) is 9.00. The Hall–Kier alpha value is -3.24. The highest BCUT2D eigenvalue weighted by Gasteiger charge is 2.44. The van der Waals surface area contributed by atoms with E-state index in [2.05, 4.69) is 113 Å². The second-order valence-electron chi connectivity index (χ2n) is 6.47. The smallest absolute Gasteiger partial charge is 0.252 e. The first-order chi connectivity index (χ1) is 13.3. The van der Waals surface area contributed by atoms with Gasteiger partial charge in [0, 0.05) is 0 Å². The number of hydrogen-bond donors (Lipinski definition) is 0. The molecule has 132 valence electrons. The topological polar surface area (TPSA) is 29.0 Å². The van der Waals surface area contributed by atoms with Gasteiger partial charge in [-0.3, -0.25) is 0 Å². The van der Waals surface area contributed by atoms with E-state index in [4.69, 9.17) is 0 Å². The van der Waals surface area contributed by atoms with Crippen LogP contribution in [-0.2, 0) is 0 Å². The minimum atomic E-state index is -2.50. The molecule has 0 unspecified atom stereocenters. The Kier molecular flexibility index (Phi) is 4.81. The maximum atomic E-state index is 4.13. The lowest BCUT2D eigenvalue weighted by molar-refractivity contribution is 1.02. The van der Waals surface area contributed by atoms with Gasteiger partial charge in [0.2, 0.25) is 0 Å². The summed E-state index contributed by atoms with van der Waals surface area (Å²) >= 11 is 0. The van der Waals surface area contributed by atoms with Crippen LogP contribution in [0.3, 0.4) is 0 Å². The van der Waals surface area contributed by atoms with Crippen molar-refractivity contribution in [3.63, 3.8) is 0 Å². The first-order valence-corrected chi connectivity index (χ1v) is 11.0. The molecular weight excluding hydrogens is 346 g/mol. The second kappa shape index (κ2) is 7.56. The Bertz CT molecular complexity index is 880. The minimum Gasteiger partial charge on any atom is -0.388 e. The van der Waals surface area contributed by atoms with E-state index in [1.165, 1.54) is 15.6 Å². The van der Waals surface area contributed by atoms with Crippen molar-refractivity contribution in [2.75, 3.05) is 11.6 Å². The summed E-state index contributed by atoms with van der Waals surface area (Å²) < 4.78 is 2.42. The zero-order valence-electron chi connectivity index (χ0n) is 15.2. The van der Waals surface area contributed by atoms with Crippen molar-refractivity contribution >= 4 is 29.5 Å². The summed E-state index contributed by atoms with van der Waals surface area (Å²) in [4.78, 5) is 0. The molecule has 4 rings (SSSR count). The number of hydrogen-bond acceptors (Lipinski definition) is 3. The predicted molar refractivity (Wildman–Crippen MR) is 114 cm³/mol. The van der Waals surface area contributed by atoms with Gasteiger partial charge in [-0.15, -0.1) is 0 Å². The Labute approximate surface area is 161 Å². The lowest BCUT2D eigenvalue weighted by atomic mass is 10.3. The molecule has 0 aliphatic carbocycles. The molecule has 0 saturated carbocycles. The van der Waals surface area contributed by atoms with Crippen molar-refractivity contribution in [1.82, 2.24) is 10.2 Å². The summed E-state index contributed by atoms with van der Waals surface area (Å²) in [6.45, 7) is 0. The molecule has 0 radical (unpaired) electrons. The van der Waals surface area contributed by atoms with Crippen LogP contribution in [0.2, 0.25) is 0 Å². The standard InChI is InChI=1S/C23H21N3Si/c1-26(20-17-18-24-25-19-20)27(21-11-5-2-6-12-21,22-13-7-3-8-14-22)23-15-9-4-10-16-23/h2-19H,1H3. The average Bonchev–Trinajstić information content (AvgIpc) is 2.77. The SMILES string of the molecule is CN(c1ccnnc1)[Si](c1ccccc1)(c1ccccc1)c1ccccc1. The number of aromatic nitrogens is 2. The third kappa shape index (κ3) is 3.04. The molecule has 1 aromatic heterocycles. The summed E-state index contributed by atoms with van der Waals surface area (Å²) in [6.07, 6.45) is 3.60. The van der Waals surface area contributed by atoms with Gasteiger partial charge in [0.05, 0.1) is 18.1 Å². The third-order valence-electron chi connectivity index (χ3n) is 5.03. The van der Waals surface area contributed by atoms with Crippen LogP contribution < -0.4 is 20.1 Å². The van der Waals surface area contributed by atoms with Crippen LogP contribution in [0.25, 0.3) is 0 Å². The summed E-state index contributed by atoms with van der Waals surface area (Å²) in [5.41, 5.74) is 1.06. The molecule has 0 bridgehead atoms. The Balaban J connectivity index is 2.07. The van der Waals surface area contributed by atoms with Gasteiger partial charge in [-0.05, 0) is 28.7 Å². The van der Waals surface area contributed by atoms with Gasteiger partial charge in [0.25, 0.3) is 8.24 Å². The normalized spacial score (nSPS) is 11.1. The largest absolute Gasteiger partial charge is 0.388 e. The molecule has 27 heavy (non-hydrogen) atoms. The van der Waals surface area contributed by atoms with Crippen LogP contribution in [0, 0.1) is 0 Å². The van der Waals surface area contributed by atoms with Gasteiger partial charge in [-0.1, -0.05) is 91.0 Å². The lowest BCUT2D eigenvalue weighted by Gasteiger charge is -2.42. The van der Waals surface area contributed by atoms with Crippen molar-refractivity contribution in [3.05, 3.63) is 109 Å². The maximum absolute atomic E-state index is 4.13. The highest BCUT2D eigenvalue weighted by Crippen LogP contribution is 2.19. The van der Waals surface area contributed by atoms with E-state index in [1.54, 1.807) is 6.20 Å². The van der Waals surface area contributed by atoms with E-state index in [0.29, 0.717) is 0 Å². The molecule has 0 N–H and O–H groups in total. The summed E-state index contributed by atoms with van der Waals surface area (Å²) in [7, 11) is -0.326. The fourth-order valence-corrected chi connectivity index (χ4v) is 8.50. The quantitative estimate of drug-likeness (QED) is 0.401. The molecule has 1 heterocycles. The van der Waals surface area contributed by atoms with Gasteiger partial charge in [0.1, 0.15) is 0 Å². The Morgan fingerprint density at radius 3 is 1.41 bits per heavy atom. The molecule has 0 atom stereocenters. The second-order valence-corrected chi connectivity index (χ2v) is 10.3. The predicted octanol–water partition coefficient (Wildman–Crippen LogP) is 2.58. The van der Waals surface area contributed by atoms with Crippen LogP contribution in [0.15, 0.2) is 109 Å². The van der Waals surface area contributed by atoms with E-state index in [1.807, 2.05) is 12.3 Å². The molecule has 4 heteroatoms. The van der Waals surface area contributed by atoms with Crippen molar-refractivity contribution in [3.8, 4) is 0 Å². The van der Waals surface area contributed by atoms with Crippen molar-refractivity contribution in [1.29, 1.82) is 0 Å². The number of anilines is 1. The molecule has 0 saturated heterocycles. The third-order valence-corrected chi connectivity index (χ3v) is 9.80. The Morgan fingerprint density at radius 2 is 1.04 bits per heavy atom. The van der Waals surface area contributed by atoms with Crippen molar-refractivity contribution in [2.24, 2.45) is 0 Å². The van der Waals surface area contributed by atoms with Crippen molar-refractivity contribution < 1.29 is 0 Å². The summed E-state index contributed by atoms with van der Waals surface area (Å²) in [5.74, 6) is 0. The van der Waals surface area contributed by atoms with Crippen LogP contribution in [-0.4, -0.2) is 25.5 Å². The Morgan fingerprint density at radius 1 is 0.593 bits per heavy atom. The highest BCUT2D eigenvalue weighted by molar-refractivity contribution is 7.13. The zero-order valence-corrected chi connectivity index (χ0v) is 16.2. The molecule has 4 aromatic rings. The van der Waals surface area contributed by atoms with E-state index < -0.39 is 8.24 Å². The monoisotopic (exact) mass is 367 g/mol. The molecule has 0 aliphatic heterocycles. The van der Waals surface area contributed by atoms with E-state index >= 15 is 0 Å². The first kappa shape index (κ1) is 17.2. The molecule has 0 spiro atoms. The highest BCUT2D eigenvalue weighted by atomic mass is 28.3. The summed E-state index contributed by atoms with van der Waals surface area (Å²) in [5, 5.41) is 12.1. The zero-order chi connectivity index (χ0) is 18.5. The number of rotatable bonds is 5. The lowest BCUT2D eigenvalue weighted by Crippen LogP contribution is -2.76. The molecule has 0 amide bonds. The number of nitrogens with zero attached hydrogens (tertiary/aromatic N) is 3. The van der Waals surface area contributed by atoms with Crippen LogP contribution in [0.1, 0.15) is 0 Å².